The maximum absolute atomic E-state index is 5.51. The first kappa shape index (κ1) is 34.8. The van der Waals surface area contributed by atoms with E-state index < -0.39 is 0 Å². The fourth-order valence-corrected chi connectivity index (χ4v) is 1.99. The molecule has 0 saturated heterocycles. The Hall–Kier alpha value is 0.186. The molecule has 0 aliphatic heterocycles. The molecule has 0 saturated carbocycles. The second-order valence-electron chi connectivity index (χ2n) is 5.73. The number of hydrogen-bond donors (Lipinski definition) is 0. The third kappa shape index (κ3) is 28.2. The molecule has 1 rings (SSSR count). The van der Waals surface area contributed by atoms with Crippen molar-refractivity contribution in [1.29, 1.82) is 0 Å². The largest absolute Gasteiger partial charge is 2.00 e. The molecule has 0 heterocycles. The first-order valence-corrected chi connectivity index (χ1v) is 9.68. The van der Waals surface area contributed by atoms with Gasteiger partial charge in [0.1, 0.15) is 0 Å². The molecule has 0 radical (unpaired) electrons. The summed E-state index contributed by atoms with van der Waals surface area (Å²) in [7, 11) is 5.01. The molecule has 0 aromatic heterocycles. The van der Waals surface area contributed by atoms with Crippen LogP contribution >= 0.6 is 0 Å². The summed E-state index contributed by atoms with van der Waals surface area (Å²) >= 11 is 0. The SMILES string of the molecule is COCCOCCN(CCOCCOC)CCOCCOC.[Br-].[Mg+2].[c-]1ccccc1. The zero-order valence-electron chi connectivity index (χ0n) is 18.9. The Kier molecular flexibility index (Phi) is 36.4. The van der Waals surface area contributed by atoms with Crippen molar-refractivity contribution in [1.82, 2.24) is 4.90 Å². The van der Waals surface area contributed by atoms with Crippen molar-refractivity contribution in [2.24, 2.45) is 0 Å². The van der Waals surface area contributed by atoms with E-state index in [9.17, 15) is 0 Å². The minimum atomic E-state index is 0. The smallest absolute Gasteiger partial charge is 1.00 e. The molecular weight excluding hydrogens is 466 g/mol. The third-order valence-corrected chi connectivity index (χ3v) is 3.56. The molecule has 0 N–H and O–H groups in total. The summed E-state index contributed by atoms with van der Waals surface area (Å²) in [6.45, 7) is 8.34. The number of ether oxygens (including phenoxy) is 6. The molecule has 0 spiro atoms. The molecule has 0 aliphatic carbocycles. The van der Waals surface area contributed by atoms with E-state index in [4.69, 9.17) is 28.4 Å². The van der Waals surface area contributed by atoms with Crippen molar-refractivity contribution in [3.63, 3.8) is 0 Å². The fraction of sp³-hybridized carbons (Fsp3) is 0.714. The van der Waals surface area contributed by atoms with Crippen LogP contribution in [-0.2, 0) is 28.4 Å². The fourth-order valence-electron chi connectivity index (χ4n) is 1.99. The second kappa shape index (κ2) is 31.4. The van der Waals surface area contributed by atoms with E-state index in [-0.39, 0.29) is 40.0 Å². The molecule has 0 fully saturated rings. The summed E-state index contributed by atoms with van der Waals surface area (Å²) in [5.41, 5.74) is 0. The molecule has 1 aromatic carbocycles. The van der Waals surface area contributed by atoms with E-state index in [2.05, 4.69) is 11.0 Å². The summed E-state index contributed by atoms with van der Waals surface area (Å²) in [5.74, 6) is 0. The van der Waals surface area contributed by atoms with Gasteiger partial charge in [-0.05, 0) is 0 Å². The van der Waals surface area contributed by atoms with Gasteiger partial charge in [-0.2, -0.15) is 36.4 Å². The van der Waals surface area contributed by atoms with Gasteiger partial charge in [0.2, 0.25) is 0 Å². The van der Waals surface area contributed by atoms with Crippen LogP contribution in [-0.4, -0.2) is 128 Å². The van der Waals surface area contributed by atoms with Gasteiger partial charge in [-0.15, -0.1) is 0 Å². The molecular formula is C21H38BrMgNO6. The van der Waals surface area contributed by atoms with Gasteiger partial charge >= 0.3 is 23.1 Å². The Morgan fingerprint density at radius 2 is 0.933 bits per heavy atom. The number of benzene rings is 1. The van der Waals surface area contributed by atoms with Crippen LogP contribution in [0.3, 0.4) is 0 Å². The second-order valence-corrected chi connectivity index (χ2v) is 5.73. The monoisotopic (exact) mass is 503 g/mol. The van der Waals surface area contributed by atoms with E-state index in [1.807, 2.05) is 30.3 Å². The van der Waals surface area contributed by atoms with Crippen LogP contribution in [0.1, 0.15) is 0 Å². The van der Waals surface area contributed by atoms with Crippen LogP contribution in [0.2, 0.25) is 0 Å². The maximum Gasteiger partial charge on any atom is 2.00 e. The van der Waals surface area contributed by atoms with Crippen molar-refractivity contribution < 1.29 is 45.4 Å². The maximum atomic E-state index is 5.51. The topological polar surface area (TPSA) is 58.6 Å². The van der Waals surface area contributed by atoms with Crippen molar-refractivity contribution in [2.45, 2.75) is 0 Å². The Balaban J connectivity index is -0.000000776. The molecule has 7 nitrogen and oxygen atoms in total. The van der Waals surface area contributed by atoms with Crippen LogP contribution < -0.4 is 17.0 Å². The van der Waals surface area contributed by atoms with Gasteiger partial charge in [0.25, 0.3) is 0 Å². The predicted octanol–water partition coefficient (Wildman–Crippen LogP) is -1.61. The summed E-state index contributed by atoms with van der Waals surface area (Å²) in [6, 6.07) is 12.5. The predicted molar refractivity (Wildman–Crippen MR) is 116 cm³/mol. The minimum absolute atomic E-state index is 0. The van der Waals surface area contributed by atoms with E-state index in [1.165, 1.54) is 0 Å². The number of rotatable bonds is 18. The van der Waals surface area contributed by atoms with Gasteiger partial charge in [-0.25, -0.2) is 0 Å². The normalized spacial score (nSPS) is 10.0. The average molecular weight is 505 g/mol. The standard InChI is InChI=1S/C15H33NO6.C6H5.BrH.Mg/c1-17-10-13-20-7-4-16(5-8-21-14-11-18-2)6-9-22-15-12-19-3;1-2-4-6-5-3-1;;/h4-15H2,1-3H3;1-5H;1H;/q;-1;;+2/p-1. The number of hydrogen-bond acceptors (Lipinski definition) is 7. The van der Waals surface area contributed by atoms with E-state index in [1.54, 1.807) is 21.3 Å². The first-order valence-electron chi connectivity index (χ1n) is 9.68. The average Bonchev–Trinajstić information content (AvgIpc) is 2.74. The molecule has 1 aromatic rings. The van der Waals surface area contributed by atoms with E-state index in [0.29, 0.717) is 59.5 Å². The summed E-state index contributed by atoms with van der Waals surface area (Å²) in [6.07, 6.45) is 0. The van der Waals surface area contributed by atoms with Crippen LogP contribution in [0.5, 0.6) is 0 Å². The first-order chi connectivity index (χ1) is 13.8. The van der Waals surface area contributed by atoms with Crippen LogP contribution in [0, 0.1) is 6.07 Å². The number of halogens is 1. The van der Waals surface area contributed by atoms with Crippen molar-refractivity contribution in [2.75, 3.05) is 100 Å². The third-order valence-electron chi connectivity index (χ3n) is 3.56. The van der Waals surface area contributed by atoms with E-state index >= 15 is 0 Å². The van der Waals surface area contributed by atoms with Crippen LogP contribution in [0.25, 0.3) is 0 Å². The van der Waals surface area contributed by atoms with E-state index in [0.717, 1.165) is 19.6 Å². The van der Waals surface area contributed by atoms with Crippen LogP contribution in [0.15, 0.2) is 30.3 Å². The molecule has 0 atom stereocenters. The van der Waals surface area contributed by atoms with Crippen LogP contribution in [0.4, 0.5) is 0 Å². The van der Waals surface area contributed by atoms with Gasteiger partial charge in [0.05, 0.1) is 59.5 Å². The van der Waals surface area contributed by atoms with Gasteiger partial charge in [-0.1, -0.05) is 0 Å². The summed E-state index contributed by atoms with van der Waals surface area (Å²) in [5, 5.41) is 0. The number of nitrogens with zero attached hydrogens (tertiary/aromatic N) is 1. The van der Waals surface area contributed by atoms with Crippen molar-refractivity contribution >= 4 is 23.1 Å². The van der Waals surface area contributed by atoms with Gasteiger partial charge < -0.3 is 45.4 Å². The Morgan fingerprint density at radius 1 is 0.567 bits per heavy atom. The van der Waals surface area contributed by atoms with Gasteiger partial charge in [0.15, 0.2) is 0 Å². The molecule has 172 valence electrons. The summed E-state index contributed by atoms with van der Waals surface area (Å²) < 4.78 is 31.4. The Labute approximate surface area is 209 Å². The summed E-state index contributed by atoms with van der Waals surface area (Å²) in [4.78, 5) is 2.27. The quantitative estimate of drug-likeness (QED) is 0.135. The minimum Gasteiger partial charge on any atom is -1.00 e. The molecule has 0 aliphatic rings. The molecule has 0 amide bonds. The zero-order valence-corrected chi connectivity index (χ0v) is 21.9. The Morgan fingerprint density at radius 3 is 1.17 bits per heavy atom. The van der Waals surface area contributed by atoms with Crippen molar-refractivity contribution in [3.8, 4) is 0 Å². The molecule has 0 bridgehead atoms. The molecule has 9 heteroatoms. The van der Waals surface area contributed by atoms with Gasteiger partial charge in [0, 0.05) is 41.0 Å². The van der Waals surface area contributed by atoms with Gasteiger partial charge in [-0.3, -0.25) is 4.90 Å². The van der Waals surface area contributed by atoms with Crippen molar-refractivity contribution in [3.05, 3.63) is 36.4 Å². The molecule has 30 heavy (non-hydrogen) atoms. The number of methoxy groups -OCH3 is 3. The Bertz CT molecular complexity index is 335. The zero-order chi connectivity index (χ0) is 20.5. The molecule has 0 unspecified atom stereocenters.